The van der Waals surface area contributed by atoms with E-state index in [1.165, 1.54) is 0 Å². The molecule has 0 aliphatic carbocycles. The maximum Gasteiger partial charge on any atom is 0.313 e. The Morgan fingerprint density at radius 3 is 2.65 bits per heavy atom. The number of thioether (sulfide) groups is 1. The first-order valence-electron chi connectivity index (χ1n) is 5.13. The predicted octanol–water partition coefficient (Wildman–Crippen LogP) is 0.558. The molecule has 0 aliphatic rings. The van der Waals surface area contributed by atoms with Gasteiger partial charge in [0.2, 0.25) is 5.91 Å². The van der Waals surface area contributed by atoms with Crippen molar-refractivity contribution in [3.63, 3.8) is 0 Å². The third-order valence-corrected chi connectivity index (χ3v) is 2.86. The van der Waals surface area contributed by atoms with Crippen LogP contribution in [-0.4, -0.2) is 40.0 Å². The molecule has 0 spiro atoms. The number of carboxylic acids is 1. The Bertz CT molecular complexity index is 370. The van der Waals surface area contributed by atoms with Crippen molar-refractivity contribution in [3.8, 4) is 0 Å². The highest BCUT2D eigenvalue weighted by Crippen LogP contribution is 1.99. The molecule has 0 atom stereocenters. The van der Waals surface area contributed by atoms with Gasteiger partial charge in [-0.05, 0) is 24.1 Å². The van der Waals surface area contributed by atoms with Crippen LogP contribution in [0.1, 0.15) is 5.56 Å². The number of nitrogens with one attached hydrogen (secondary N) is 1. The van der Waals surface area contributed by atoms with Gasteiger partial charge in [-0.25, -0.2) is 0 Å². The zero-order valence-electron chi connectivity index (χ0n) is 9.26. The fraction of sp³-hybridized carbons (Fsp3) is 0.364. The van der Waals surface area contributed by atoms with Crippen LogP contribution >= 0.6 is 11.8 Å². The lowest BCUT2D eigenvalue weighted by Crippen LogP contribution is -2.27. The molecule has 1 aromatic heterocycles. The lowest BCUT2D eigenvalue weighted by molar-refractivity contribution is -0.133. The second-order valence-corrected chi connectivity index (χ2v) is 4.33. The van der Waals surface area contributed by atoms with Crippen molar-refractivity contribution in [2.75, 3.05) is 18.1 Å². The summed E-state index contributed by atoms with van der Waals surface area (Å²) in [5.74, 6) is -0.898. The van der Waals surface area contributed by atoms with Crippen LogP contribution < -0.4 is 5.32 Å². The smallest absolute Gasteiger partial charge is 0.313 e. The Balaban J connectivity index is 2.10. The third kappa shape index (κ3) is 6.57. The van der Waals surface area contributed by atoms with E-state index in [0.29, 0.717) is 6.54 Å². The largest absolute Gasteiger partial charge is 0.481 e. The fourth-order valence-corrected chi connectivity index (χ4v) is 1.74. The molecule has 0 aliphatic heterocycles. The SMILES string of the molecule is O=C(O)CSCC(=O)NCCc1ccncc1. The van der Waals surface area contributed by atoms with Gasteiger partial charge in [0.25, 0.3) is 0 Å². The number of aliphatic carboxylic acids is 1. The van der Waals surface area contributed by atoms with Gasteiger partial charge in [-0.15, -0.1) is 11.8 Å². The molecule has 1 rings (SSSR count). The number of hydrogen-bond donors (Lipinski definition) is 2. The molecule has 1 amide bonds. The van der Waals surface area contributed by atoms with Crippen molar-refractivity contribution in [1.29, 1.82) is 0 Å². The molecule has 1 aromatic rings. The Kier molecular flexibility index (Phi) is 6.09. The first-order valence-corrected chi connectivity index (χ1v) is 6.29. The van der Waals surface area contributed by atoms with Crippen LogP contribution in [-0.2, 0) is 16.0 Å². The molecule has 0 bridgehead atoms. The van der Waals surface area contributed by atoms with E-state index in [4.69, 9.17) is 5.11 Å². The van der Waals surface area contributed by atoms with Crippen molar-refractivity contribution < 1.29 is 14.7 Å². The zero-order chi connectivity index (χ0) is 12.5. The number of hydrogen-bond acceptors (Lipinski definition) is 4. The summed E-state index contributed by atoms with van der Waals surface area (Å²) in [6.07, 6.45) is 4.16. The maximum atomic E-state index is 11.3. The molecular weight excluding hydrogens is 240 g/mol. The Hall–Kier alpha value is -1.56. The molecule has 5 nitrogen and oxygen atoms in total. The molecule has 0 saturated carbocycles. The van der Waals surface area contributed by atoms with E-state index in [2.05, 4.69) is 10.3 Å². The van der Waals surface area contributed by atoms with Crippen LogP contribution in [0.5, 0.6) is 0 Å². The van der Waals surface area contributed by atoms with Gasteiger partial charge in [0, 0.05) is 18.9 Å². The van der Waals surface area contributed by atoms with Crippen molar-refractivity contribution in [1.82, 2.24) is 10.3 Å². The summed E-state index contributed by atoms with van der Waals surface area (Å²) in [6.45, 7) is 0.552. The van der Waals surface area contributed by atoms with Gasteiger partial charge < -0.3 is 10.4 Å². The molecule has 0 unspecified atom stereocenters. The first-order chi connectivity index (χ1) is 8.18. The normalized spacial score (nSPS) is 9.88. The van der Waals surface area contributed by atoms with Crippen molar-refractivity contribution in [2.24, 2.45) is 0 Å². The number of amides is 1. The number of carboxylic acid groups (broad SMARTS) is 1. The minimum atomic E-state index is -0.903. The zero-order valence-corrected chi connectivity index (χ0v) is 10.1. The van der Waals surface area contributed by atoms with E-state index in [1.807, 2.05) is 12.1 Å². The van der Waals surface area contributed by atoms with Gasteiger partial charge in [-0.2, -0.15) is 0 Å². The maximum absolute atomic E-state index is 11.3. The average molecular weight is 254 g/mol. The van der Waals surface area contributed by atoms with Gasteiger partial charge >= 0.3 is 5.97 Å². The highest BCUT2D eigenvalue weighted by Gasteiger charge is 2.03. The lowest BCUT2D eigenvalue weighted by atomic mass is 10.2. The minimum Gasteiger partial charge on any atom is -0.481 e. The molecule has 6 heteroatoms. The molecule has 0 radical (unpaired) electrons. The summed E-state index contributed by atoms with van der Waals surface area (Å²) in [6, 6.07) is 3.79. The van der Waals surface area contributed by atoms with E-state index in [9.17, 15) is 9.59 Å². The van der Waals surface area contributed by atoms with E-state index < -0.39 is 5.97 Å². The van der Waals surface area contributed by atoms with Crippen LogP contribution in [0.15, 0.2) is 24.5 Å². The van der Waals surface area contributed by atoms with Gasteiger partial charge in [0.1, 0.15) is 0 Å². The number of carbonyl (C=O) groups is 2. The summed E-state index contributed by atoms with van der Waals surface area (Å²) in [7, 11) is 0. The van der Waals surface area contributed by atoms with Gasteiger partial charge in [-0.3, -0.25) is 14.6 Å². The summed E-state index contributed by atoms with van der Waals surface area (Å²) in [5, 5.41) is 11.1. The number of carbonyl (C=O) groups excluding carboxylic acids is 1. The third-order valence-electron chi connectivity index (χ3n) is 1.94. The summed E-state index contributed by atoms with van der Waals surface area (Å²) < 4.78 is 0. The molecule has 17 heavy (non-hydrogen) atoms. The molecule has 0 fully saturated rings. The van der Waals surface area contributed by atoms with Crippen LogP contribution in [0.4, 0.5) is 0 Å². The standard InChI is InChI=1S/C11H14N2O3S/c14-10(7-17-8-11(15)16)13-6-3-9-1-4-12-5-2-9/h1-2,4-5H,3,6-8H2,(H,13,14)(H,15,16). The Labute approximate surface area is 104 Å². The second-order valence-electron chi connectivity index (χ2n) is 3.34. The Morgan fingerprint density at radius 2 is 2.00 bits per heavy atom. The summed E-state index contributed by atoms with van der Waals surface area (Å²) in [5.41, 5.74) is 1.11. The van der Waals surface area contributed by atoms with Gasteiger partial charge in [-0.1, -0.05) is 0 Å². The first kappa shape index (κ1) is 13.5. The van der Waals surface area contributed by atoms with Crippen molar-refractivity contribution >= 4 is 23.6 Å². The molecule has 92 valence electrons. The van der Waals surface area contributed by atoms with Gasteiger partial charge in [0.15, 0.2) is 0 Å². The number of aromatic nitrogens is 1. The van der Waals surface area contributed by atoms with E-state index in [0.717, 1.165) is 23.7 Å². The number of pyridine rings is 1. The van der Waals surface area contributed by atoms with Crippen molar-refractivity contribution in [2.45, 2.75) is 6.42 Å². The van der Waals surface area contributed by atoms with Crippen LogP contribution in [0.25, 0.3) is 0 Å². The summed E-state index contributed by atoms with van der Waals surface area (Å²) >= 11 is 1.09. The molecular formula is C11H14N2O3S. The van der Waals surface area contributed by atoms with Crippen LogP contribution in [0, 0.1) is 0 Å². The van der Waals surface area contributed by atoms with E-state index >= 15 is 0 Å². The quantitative estimate of drug-likeness (QED) is 0.743. The highest BCUT2D eigenvalue weighted by atomic mass is 32.2. The van der Waals surface area contributed by atoms with Crippen LogP contribution in [0.2, 0.25) is 0 Å². The van der Waals surface area contributed by atoms with Crippen molar-refractivity contribution in [3.05, 3.63) is 30.1 Å². The van der Waals surface area contributed by atoms with Gasteiger partial charge in [0.05, 0.1) is 11.5 Å². The molecule has 0 aromatic carbocycles. The molecule has 2 N–H and O–H groups in total. The van der Waals surface area contributed by atoms with E-state index in [-0.39, 0.29) is 17.4 Å². The topological polar surface area (TPSA) is 79.3 Å². The second kappa shape index (κ2) is 7.67. The highest BCUT2D eigenvalue weighted by molar-refractivity contribution is 8.00. The van der Waals surface area contributed by atoms with E-state index in [1.54, 1.807) is 12.4 Å². The number of rotatable bonds is 7. The fourth-order valence-electron chi connectivity index (χ4n) is 1.18. The molecule has 1 heterocycles. The molecule has 0 saturated heterocycles. The monoisotopic (exact) mass is 254 g/mol. The lowest BCUT2D eigenvalue weighted by Gasteiger charge is -2.04. The summed E-state index contributed by atoms with van der Waals surface area (Å²) in [4.78, 5) is 25.4. The average Bonchev–Trinajstić information content (AvgIpc) is 2.30. The Morgan fingerprint density at radius 1 is 1.29 bits per heavy atom. The minimum absolute atomic E-state index is 0.0439. The number of nitrogens with zero attached hydrogens (tertiary/aromatic N) is 1. The van der Waals surface area contributed by atoms with Crippen LogP contribution in [0.3, 0.4) is 0 Å². The predicted molar refractivity (Wildman–Crippen MR) is 65.9 cm³/mol.